The van der Waals surface area contributed by atoms with Crippen LogP contribution in [-0.2, 0) is 6.54 Å². The predicted molar refractivity (Wildman–Crippen MR) is 86.4 cm³/mol. The van der Waals surface area contributed by atoms with Crippen LogP contribution >= 0.6 is 11.6 Å². The fourth-order valence-electron chi connectivity index (χ4n) is 2.46. The number of aryl methyl sites for hydroxylation is 1. The molecule has 0 saturated carbocycles. The van der Waals surface area contributed by atoms with Crippen molar-refractivity contribution in [3.63, 3.8) is 0 Å². The van der Waals surface area contributed by atoms with E-state index in [0.717, 1.165) is 10.8 Å². The highest BCUT2D eigenvalue weighted by atomic mass is 35.5. The molecule has 3 rings (SSSR count). The number of hydrogen-bond acceptors (Lipinski definition) is 4. The van der Waals surface area contributed by atoms with E-state index in [1.165, 1.54) is 12.5 Å². The number of nitrogens with one attached hydrogen (secondary N) is 1. The van der Waals surface area contributed by atoms with Gasteiger partial charge in [0.25, 0.3) is 5.91 Å². The number of nitrogens with zero attached hydrogens (tertiary/aromatic N) is 5. The van der Waals surface area contributed by atoms with Crippen LogP contribution in [0.4, 0.5) is 4.39 Å². The highest BCUT2D eigenvalue weighted by Crippen LogP contribution is 2.17. The van der Waals surface area contributed by atoms with Gasteiger partial charge in [-0.05, 0) is 25.5 Å². The Morgan fingerprint density at radius 3 is 3.00 bits per heavy atom. The van der Waals surface area contributed by atoms with Crippen LogP contribution in [-0.4, -0.2) is 30.1 Å². The van der Waals surface area contributed by atoms with E-state index in [1.807, 2.05) is 6.92 Å². The molecule has 1 amide bonds. The second kappa shape index (κ2) is 6.56. The molecule has 0 aliphatic carbocycles. The topological polar surface area (TPSA) is 77.1 Å². The summed E-state index contributed by atoms with van der Waals surface area (Å²) in [5.74, 6) is -0.768. The summed E-state index contributed by atoms with van der Waals surface area (Å²) in [6.45, 7) is 4.47. The Balaban J connectivity index is 1.84. The van der Waals surface area contributed by atoms with Gasteiger partial charge in [0.15, 0.2) is 5.69 Å². The van der Waals surface area contributed by atoms with Crippen molar-refractivity contribution in [3.05, 3.63) is 47.1 Å². The smallest absolute Gasteiger partial charge is 0.275 e. The van der Waals surface area contributed by atoms with Gasteiger partial charge in [0.1, 0.15) is 17.8 Å². The molecule has 0 bridgehead atoms. The number of hydrogen-bond donors (Lipinski definition) is 1. The van der Waals surface area contributed by atoms with Gasteiger partial charge in [-0.2, -0.15) is 9.49 Å². The molecule has 0 fully saturated rings. The van der Waals surface area contributed by atoms with Gasteiger partial charge < -0.3 is 5.32 Å². The standard InChI is InChI=1S/C15H16ClFN6O/c1-3-6-23-14(18-8-19-23)9(2)20-15(24)12-13(17)22-7-10(16)4-5-11(22)21-12/h4-5,7-9H,3,6H2,1-2H3,(H,20,24)/t9-/m1/s1. The third-order valence-corrected chi connectivity index (χ3v) is 3.78. The predicted octanol–water partition coefficient (Wildman–Crippen LogP) is 2.62. The van der Waals surface area contributed by atoms with E-state index in [9.17, 15) is 9.18 Å². The summed E-state index contributed by atoms with van der Waals surface area (Å²) in [6.07, 6.45) is 3.69. The lowest BCUT2D eigenvalue weighted by atomic mass is 10.3. The van der Waals surface area contributed by atoms with Gasteiger partial charge in [-0.25, -0.2) is 14.6 Å². The lowest BCUT2D eigenvalue weighted by Gasteiger charge is -2.13. The number of fused-ring (bicyclic) bond motifs is 1. The summed E-state index contributed by atoms with van der Waals surface area (Å²) in [7, 11) is 0. The maximum absolute atomic E-state index is 14.4. The normalized spacial score (nSPS) is 12.5. The molecule has 3 aromatic heterocycles. The maximum atomic E-state index is 14.4. The molecule has 0 spiro atoms. The summed E-state index contributed by atoms with van der Waals surface area (Å²) < 4.78 is 17.3. The van der Waals surface area contributed by atoms with Crippen LogP contribution in [0.5, 0.6) is 0 Å². The number of pyridine rings is 1. The molecule has 0 saturated heterocycles. The van der Waals surface area contributed by atoms with Crippen molar-refractivity contribution in [1.82, 2.24) is 29.5 Å². The van der Waals surface area contributed by atoms with E-state index in [1.54, 1.807) is 23.7 Å². The summed E-state index contributed by atoms with van der Waals surface area (Å²) in [5.41, 5.74) is 0.0227. The summed E-state index contributed by atoms with van der Waals surface area (Å²) in [5, 5.41) is 7.17. The van der Waals surface area contributed by atoms with Crippen LogP contribution in [0.3, 0.4) is 0 Å². The molecule has 0 radical (unpaired) electrons. The second-order valence-corrected chi connectivity index (χ2v) is 5.80. The fraction of sp³-hybridized carbons (Fsp3) is 0.333. The summed E-state index contributed by atoms with van der Waals surface area (Å²) in [4.78, 5) is 20.6. The average molecular weight is 351 g/mol. The van der Waals surface area contributed by atoms with Crippen LogP contribution in [0.25, 0.3) is 5.65 Å². The first-order valence-electron chi connectivity index (χ1n) is 7.53. The lowest BCUT2D eigenvalue weighted by molar-refractivity contribution is 0.0928. The molecule has 0 aliphatic rings. The van der Waals surface area contributed by atoms with Gasteiger partial charge in [-0.1, -0.05) is 18.5 Å². The number of amides is 1. The van der Waals surface area contributed by atoms with Crippen LogP contribution < -0.4 is 5.32 Å². The molecule has 1 atom stereocenters. The largest absolute Gasteiger partial charge is 0.341 e. The molecule has 24 heavy (non-hydrogen) atoms. The van der Waals surface area contributed by atoms with Crippen LogP contribution in [0, 0.1) is 5.95 Å². The Morgan fingerprint density at radius 1 is 1.46 bits per heavy atom. The minimum absolute atomic E-state index is 0.286. The number of carbonyl (C=O) groups excluding carboxylic acids is 1. The van der Waals surface area contributed by atoms with Crippen LogP contribution in [0.1, 0.15) is 42.6 Å². The van der Waals surface area contributed by atoms with E-state index < -0.39 is 17.9 Å². The van der Waals surface area contributed by atoms with Crippen molar-refractivity contribution in [2.24, 2.45) is 0 Å². The highest BCUT2D eigenvalue weighted by Gasteiger charge is 2.22. The Labute approximate surface area is 142 Å². The van der Waals surface area contributed by atoms with Crippen LogP contribution in [0.15, 0.2) is 24.7 Å². The van der Waals surface area contributed by atoms with Crippen molar-refractivity contribution < 1.29 is 9.18 Å². The number of halogens is 2. The Kier molecular flexibility index (Phi) is 4.48. The summed E-state index contributed by atoms with van der Waals surface area (Å²) >= 11 is 5.84. The van der Waals surface area contributed by atoms with Crippen LogP contribution in [0.2, 0.25) is 5.02 Å². The fourth-order valence-corrected chi connectivity index (χ4v) is 2.62. The van der Waals surface area contributed by atoms with Crippen molar-refractivity contribution in [3.8, 4) is 0 Å². The first-order valence-corrected chi connectivity index (χ1v) is 7.90. The molecule has 9 heteroatoms. The molecule has 3 aromatic rings. The number of aromatic nitrogens is 5. The molecule has 0 unspecified atom stereocenters. The molecule has 0 aliphatic heterocycles. The zero-order valence-corrected chi connectivity index (χ0v) is 14.0. The Hall–Kier alpha value is -2.48. The third-order valence-electron chi connectivity index (χ3n) is 3.56. The Bertz CT molecular complexity index is 889. The highest BCUT2D eigenvalue weighted by molar-refractivity contribution is 6.30. The van der Waals surface area contributed by atoms with Crippen molar-refractivity contribution >= 4 is 23.2 Å². The monoisotopic (exact) mass is 350 g/mol. The number of carbonyl (C=O) groups is 1. The first kappa shape index (κ1) is 16.4. The maximum Gasteiger partial charge on any atom is 0.275 e. The van der Waals surface area contributed by atoms with E-state index in [2.05, 4.69) is 20.4 Å². The van der Waals surface area contributed by atoms with Gasteiger partial charge in [0, 0.05) is 12.7 Å². The van der Waals surface area contributed by atoms with E-state index in [-0.39, 0.29) is 5.69 Å². The Morgan fingerprint density at radius 2 is 2.25 bits per heavy atom. The zero-order chi connectivity index (χ0) is 17.3. The first-order chi connectivity index (χ1) is 11.5. The minimum Gasteiger partial charge on any atom is -0.341 e. The number of imidazole rings is 1. The zero-order valence-electron chi connectivity index (χ0n) is 13.2. The van der Waals surface area contributed by atoms with Gasteiger partial charge in [-0.15, -0.1) is 0 Å². The molecule has 0 aromatic carbocycles. The van der Waals surface area contributed by atoms with Crippen molar-refractivity contribution in [2.75, 3.05) is 0 Å². The summed E-state index contributed by atoms with van der Waals surface area (Å²) in [6, 6.07) is 2.70. The lowest BCUT2D eigenvalue weighted by Crippen LogP contribution is -2.30. The van der Waals surface area contributed by atoms with E-state index >= 15 is 0 Å². The molecule has 126 valence electrons. The average Bonchev–Trinajstić information content (AvgIpc) is 3.13. The number of rotatable bonds is 5. The van der Waals surface area contributed by atoms with E-state index in [0.29, 0.717) is 23.0 Å². The van der Waals surface area contributed by atoms with E-state index in [4.69, 9.17) is 11.6 Å². The van der Waals surface area contributed by atoms with Gasteiger partial charge in [0.05, 0.1) is 11.1 Å². The molecule has 3 heterocycles. The van der Waals surface area contributed by atoms with Gasteiger partial charge in [0.2, 0.25) is 5.95 Å². The second-order valence-electron chi connectivity index (χ2n) is 5.36. The third kappa shape index (κ3) is 2.96. The minimum atomic E-state index is -0.757. The van der Waals surface area contributed by atoms with Crippen molar-refractivity contribution in [2.45, 2.75) is 32.9 Å². The molecule has 1 N–H and O–H groups in total. The SMILES string of the molecule is CCCn1ncnc1[C@@H](C)NC(=O)c1nc2ccc(Cl)cn2c1F. The molecule has 7 nitrogen and oxygen atoms in total. The molecular weight excluding hydrogens is 335 g/mol. The van der Waals surface area contributed by atoms with Crippen molar-refractivity contribution in [1.29, 1.82) is 0 Å². The van der Waals surface area contributed by atoms with Gasteiger partial charge in [-0.3, -0.25) is 9.20 Å². The van der Waals surface area contributed by atoms with Gasteiger partial charge >= 0.3 is 0 Å². The quantitative estimate of drug-likeness (QED) is 0.767. The molecular formula is C15H16ClFN6O.